The van der Waals surface area contributed by atoms with E-state index in [4.69, 9.17) is 0 Å². The van der Waals surface area contributed by atoms with E-state index in [2.05, 4.69) is 22.2 Å². The Labute approximate surface area is 85.0 Å². The van der Waals surface area contributed by atoms with Crippen LogP contribution in [-0.4, -0.2) is 16.5 Å². The minimum atomic E-state index is 0.114. The van der Waals surface area contributed by atoms with Crippen LogP contribution in [-0.2, 0) is 5.54 Å². The lowest BCUT2D eigenvalue weighted by molar-refractivity contribution is 0.344. The van der Waals surface area contributed by atoms with Gasteiger partial charge < -0.3 is 5.32 Å². The van der Waals surface area contributed by atoms with Gasteiger partial charge in [0.1, 0.15) is 0 Å². The summed E-state index contributed by atoms with van der Waals surface area (Å²) in [6.45, 7) is 3.33. The van der Waals surface area contributed by atoms with Crippen LogP contribution in [0.4, 0.5) is 0 Å². The molecule has 0 bridgehead atoms. The summed E-state index contributed by atoms with van der Waals surface area (Å²) >= 11 is 0. The first-order valence-electron chi connectivity index (χ1n) is 5.39. The maximum Gasteiger partial charge on any atom is 0.0787 e. The molecule has 0 radical (unpaired) electrons. The molecular weight excluding hydrogens is 174 g/mol. The summed E-state index contributed by atoms with van der Waals surface area (Å²) in [5.74, 6) is 0. The number of aromatic nitrogens is 2. The van der Waals surface area contributed by atoms with Crippen LogP contribution in [0.2, 0.25) is 0 Å². The minimum absolute atomic E-state index is 0.114. The fourth-order valence-electron chi connectivity index (χ4n) is 2.34. The van der Waals surface area contributed by atoms with Crippen molar-refractivity contribution in [2.75, 3.05) is 6.54 Å². The van der Waals surface area contributed by atoms with E-state index in [-0.39, 0.29) is 5.54 Å². The number of nitrogens with one attached hydrogen (secondary N) is 1. The second-order valence-corrected chi connectivity index (χ2v) is 3.95. The van der Waals surface area contributed by atoms with Gasteiger partial charge in [-0.05, 0) is 25.8 Å². The average molecular weight is 191 g/mol. The van der Waals surface area contributed by atoms with E-state index in [9.17, 15) is 0 Å². The van der Waals surface area contributed by atoms with Crippen LogP contribution >= 0.6 is 0 Å². The van der Waals surface area contributed by atoms with Crippen LogP contribution in [0.15, 0.2) is 18.6 Å². The number of rotatable bonds is 3. The van der Waals surface area contributed by atoms with Crippen LogP contribution in [0.25, 0.3) is 0 Å². The molecule has 3 heteroatoms. The summed E-state index contributed by atoms with van der Waals surface area (Å²) in [4.78, 5) is 8.58. The molecule has 1 aliphatic heterocycles. The van der Waals surface area contributed by atoms with Crippen molar-refractivity contribution < 1.29 is 0 Å². The Kier molecular flexibility index (Phi) is 2.77. The van der Waals surface area contributed by atoms with Crippen molar-refractivity contribution in [1.29, 1.82) is 0 Å². The third-order valence-electron chi connectivity index (χ3n) is 2.97. The fraction of sp³-hybridized carbons (Fsp3) is 0.636. The first-order valence-corrected chi connectivity index (χ1v) is 5.39. The summed E-state index contributed by atoms with van der Waals surface area (Å²) in [5, 5.41) is 3.58. The molecule has 1 aromatic heterocycles. The zero-order valence-corrected chi connectivity index (χ0v) is 8.66. The second-order valence-electron chi connectivity index (χ2n) is 3.95. The van der Waals surface area contributed by atoms with E-state index in [1.165, 1.54) is 19.3 Å². The third kappa shape index (κ3) is 1.64. The van der Waals surface area contributed by atoms with Gasteiger partial charge in [0.05, 0.1) is 17.4 Å². The highest BCUT2D eigenvalue weighted by atomic mass is 15.0. The zero-order valence-electron chi connectivity index (χ0n) is 8.66. The van der Waals surface area contributed by atoms with Gasteiger partial charge in [0.2, 0.25) is 0 Å². The normalized spacial score (nSPS) is 26.6. The van der Waals surface area contributed by atoms with Gasteiger partial charge in [0.25, 0.3) is 0 Å². The van der Waals surface area contributed by atoms with Crippen LogP contribution in [0.3, 0.4) is 0 Å². The molecule has 0 amide bonds. The van der Waals surface area contributed by atoms with Crippen molar-refractivity contribution in [3.05, 3.63) is 24.3 Å². The summed E-state index contributed by atoms with van der Waals surface area (Å²) in [6.07, 6.45) is 10.2. The minimum Gasteiger partial charge on any atom is -0.306 e. The van der Waals surface area contributed by atoms with Crippen molar-refractivity contribution >= 4 is 0 Å². The molecular formula is C11H17N3. The lowest BCUT2D eigenvalue weighted by Gasteiger charge is -2.28. The Morgan fingerprint density at radius 2 is 2.43 bits per heavy atom. The molecule has 0 spiro atoms. The molecule has 0 saturated carbocycles. The standard InChI is InChI=1S/C11H17N3/c1-2-4-11(5-3-6-14-11)10-9-12-7-8-13-10/h7-9,14H,2-6H2,1H3. The van der Waals surface area contributed by atoms with Crippen molar-refractivity contribution in [2.24, 2.45) is 0 Å². The Hall–Kier alpha value is -0.960. The van der Waals surface area contributed by atoms with E-state index >= 15 is 0 Å². The number of hydrogen-bond donors (Lipinski definition) is 1. The Balaban J connectivity index is 2.27. The van der Waals surface area contributed by atoms with Gasteiger partial charge in [0.15, 0.2) is 0 Å². The van der Waals surface area contributed by atoms with Crippen LogP contribution in [0.5, 0.6) is 0 Å². The molecule has 0 aliphatic carbocycles. The Morgan fingerprint density at radius 3 is 3.00 bits per heavy atom. The van der Waals surface area contributed by atoms with Gasteiger partial charge in [-0.1, -0.05) is 13.3 Å². The van der Waals surface area contributed by atoms with E-state index in [0.29, 0.717) is 0 Å². The Bertz CT molecular complexity index is 278. The van der Waals surface area contributed by atoms with Gasteiger partial charge in [0, 0.05) is 12.4 Å². The third-order valence-corrected chi connectivity index (χ3v) is 2.97. The van der Waals surface area contributed by atoms with Crippen LogP contribution < -0.4 is 5.32 Å². The maximum absolute atomic E-state index is 4.43. The van der Waals surface area contributed by atoms with E-state index < -0.39 is 0 Å². The molecule has 2 heterocycles. The highest BCUT2D eigenvalue weighted by Gasteiger charge is 2.35. The van der Waals surface area contributed by atoms with Crippen molar-refractivity contribution in [2.45, 2.75) is 38.1 Å². The van der Waals surface area contributed by atoms with Crippen molar-refractivity contribution in [3.63, 3.8) is 0 Å². The molecule has 1 unspecified atom stereocenters. The molecule has 3 nitrogen and oxygen atoms in total. The molecule has 76 valence electrons. The van der Waals surface area contributed by atoms with Crippen LogP contribution in [0.1, 0.15) is 38.3 Å². The summed E-state index contributed by atoms with van der Waals surface area (Å²) < 4.78 is 0. The topological polar surface area (TPSA) is 37.8 Å². The molecule has 1 aliphatic rings. The maximum atomic E-state index is 4.43. The number of hydrogen-bond acceptors (Lipinski definition) is 3. The lowest BCUT2D eigenvalue weighted by atomic mass is 9.88. The first kappa shape index (κ1) is 9.59. The molecule has 0 aromatic carbocycles. The molecule has 1 N–H and O–H groups in total. The highest BCUT2D eigenvalue weighted by molar-refractivity contribution is 5.13. The summed E-state index contributed by atoms with van der Waals surface area (Å²) in [7, 11) is 0. The molecule has 1 aromatic rings. The first-order chi connectivity index (χ1) is 6.87. The van der Waals surface area contributed by atoms with Gasteiger partial charge in [-0.15, -0.1) is 0 Å². The summed E-state index contributed by atoms with van der Waals surface area (Å²) in [6, 6.07) is 0. The largest absolute Gasteiger partial charge is 0.306 e. The fourth-order valence-corrected chi connectivity index (χ4v) is 2.34. The van der Waals surface area contributed by atoms with Crippen LogP contribution in [0, 0.1) is 0 Å². The molecule has 1 saturated heterocycles. The van der Waals surface area contributed by atoms with E-state index in [1.807, 2.05) is 6.20 Å². The molecule has 14 heavy (non-hydrogen) atoms. The van der Waals surface area contributed by atoms with Gasteiger partial charge in [-0.3, -0.25) is 9.97 Å². The smallest absolute Gasteiger partial charge is 0.0787 e. The predicted molar refractivity (Wildman–Crippen MR) is 55.9 cm³/mol. The zero-order chi connectivity index (χ0) is 9.86. The average Bonchev–Trinajstić information content (AvgIpc) is 2.70. The van der Waals surface area contributed by atoms with Crippen molar-refractivity contribution in [1.82, 2.24) is 15.3 Å². The SMILES string of the molecule is CCCC1(c2cnccn2)CCCN1. The van der Waals surface area contributed by atoms with E-state index in [0.717, 1.165) is 18.7 Å². The predicted octanol–water partition coefficient (Wildman–Crippen LogP) is 1.86. The Morgan fingerprint density at radius 1 is 1.50 bits per heavy atom. The highest BCUT2D eigenvalue weighted by Crippen LogP contribution is 2.33. The monoisotopic (exact) mass is 191 g/mol. The second kappa shape index (κ2) is 4.05. The summed E-state index contributed by atoms with van der Waals surface area (Å²) in [5.41, 5.74) is 1.22. The van der Waals surface area contributed by atoms with Crippen molar-refractivity contribution in [3.8, 4) is 0 Å². The molecule has 1 atom stereocenters. The lowest BCUT2D eigenvalue weighted by Crippen LogP contribution is -2.37. The van der Waals surface area contributed by atoms with E-state index in [1.54, 1.807) is 12.4 Å². The quantitative estimate of drug-likeness (QED) is 0.792. The molecule has 2 rings (SSSR count). The molecule has 1 fully saturated rings. The van der Waals surface area contributed by atoms with Gasteiger partial charge in [-0.2, -0.15) is 0 Å². The van der Waals surface area contributed by atoms with Gasteiger partial charge in [-0.25, -0.2) is 0 Å². The van der Waals surface area contributed by atoms with Gasteiger partial charge >= 0.3 is 0 Å². The number of nitrogens with zero attached hydrogens (tertiary/aromatic N) is 2.